The van der Waals surface area contributed by atoms with Crippen LogP contribution in [0, 0.1) is 16.7 Å². The molecule has 1 unspecified atom stereocenters. The van der Waals surface area contributed by atoms with Crippen molar-refractivity contribution in [2.75, 3.05) is 0 Å². The number of hydrogen-bond acceptors (Lipinski definition) is 10. The van der Waals surface area contributed by atoms with Crippen molar-refractivity contribution >= 4 is 53.3 Å². The molecule has 0 bridgehead atoms. The standard InChI is InChI=1S/C22H26N2O7S2/c1-11-16(32-7-6-14-13(8-25)23-10-33-14)15(18(28)31-20(30)21(3,4)5)24-17(11)22(9-26,12(2)27)19(24)29/h6-7,9-12,17,25,27H,8H2,1-5H3/b7-6-/t11-,12?,17-,22+/m0/s1. The van der Waals surface area contributed by atoms with E-state index < -0.39 is 46.7 Å². The SMILES string of the molecule is CC(O)[C@@]1(C=O)C(=O)N2C(C(=O)OC(=O)C(C)(C)C)=C(S/C=C\c3scnc3CO)[C@H](C)[C@H]21. The van der Waals surface area contributed by atoms with Gasteiger partial charge in [0, 0.05) is 10.8 Å². The predicted molar refractivity (Wildman–Crippen MR) is 122 cm³/mol. The Labute approximate surface area is 199 Å². The van der Waals surface area contributed by atoms with Gasteiger partial charge < -0.3 is 19.7 Å². The van der Waals surface area contributed by atoms with Crippen LogP contribution in [0.3, 0.4) is 0 Å². The highest BCUT2D eigenvalue weighted by Crippen LogP contribution is 2.56. The van der Waals surface area contributed by atoms with E-state index in [0.717, 1.165) is 21.5 Å². The average Bonchev–Trinajstić information content (AvgIpc) is 3.29. The summed E-state index contributed by atoms with van der Waals surface area (Å²) in [5.41, 5.74) is -0.610. The number of aliphatic hydroxyl groups excluding tert-OH is 2. The maximum absolute atomic E-state index is 13.0. The first-order valence-corrected chi connectivity index (χ1v) is 12.0. The third kappa shape index (κ3) is 4.07. The molecule has 11 heteroatoms. The molecule has 3 heterocycles. The highest BCUT2D eigenvalue weighted by atomic mass is 32.2. The van der Waals surface area contributed by atoms with Crippen LogP contribution in [-0.2, 0) is 30.5 Å². The average molecular weight is 495 g/mol. The molecule has 1 aromatic rings. The van der Waals surface area contributed by atoms with Gasteiger partial charge in [0.15, 0.2) is 5.41 Å². The minimum atomic E-state index is -1.67. The molecule has 0 spiro atoms. The van der Waals surface area contributed by atoms with Crippen molar-refractivity contribution in [3.05, 3.63) is 32.1 Å². The third-order valence-corrected chi connectivity index (χ3v) is 7.76. The quantitative estimate of drug-likeness (QED) is 0.253. The summed E-state index contributed by atoms with van der Waals surface area (Å²) < 4.78 is 5.07. The van der Waals surface area contributed by atoms with Gasteiger partial charge in [-0.1, -0.05) is 18.7 Å². The number of carbonyl (C=O) groups excluding carboxylic acids is 4. The van der Waals surface area contributed by atoms with E-state index in [0.29, 0.717) is 16.9 Å². The van der Waals surface area contributed by atoms with Gasteiger partial charge in [-0.25, -0.2) is 9.78 Å². The number of fused-ring (bicyclic) bond motifs is 1. The Balaban J connectivity index is 1.99. The van der Waals surface area contributed by atoms with E-state index in [1.807, 2.05) is 0 Å². The molecule has 4 atom stereocenters. The van der Waals surface area contributed by atoms with E-state index in [-0.39, 0.29) is 12.3 Å². The maximum atomic E-state index is 13.0. The number of ether oxygens (including phenoxy) is 1. The lowest BCUT2D eigenvalue weighted by Gasteiger charge is -2.53. The molecular formula is C22H26N2O7S2. The van der Waals surface area contributed by atoms with Crippen molar-refractivity contribution in [1.82, 2.24) is 9.88 Å². The number of aldehydes is 1. The van der Waals surface area contributed by atoms with Gasteiger partial charge in [0.25, 0.3) is 0 Å². The lowest BCUT2D eigenvalue weighted by molar-refractivity contribution is -0.184. The van der Waals surface area contributed by atoms with Crippen LogP contribution in [0.2, 0.25) is 0 Å². The van der Waals surface area contributed by atoms with Gasteiger partial charge >= 0.3 is 11.9 Å². The van der Waals surface area contributed by atoms with Crippen molar-refractivity contribution in [3.63, 3.8) is 0 Å². The molecule has 0 aliphatic carbocycles. The van der Waals surface area contributed by atoms with Crippen LogP contribution in [0.5, 0.6) is 0 Å². The number of aromatic nitrogens is 1. The number of thioether (sulfide) groups is 1. The first-order chi connectivity index (χ1) is 15.4. The third-order valence-electron chi connectivity index (χ3n) is 5.83. The van der Waals surface area contributed by atoms with Crippen molar-refractivity contribution in [2.24, 2.45) is 16.7 Å². The molecule has 0 radical (unpaired) electrons. The fourth-order valence-corrected chi connectivity index (χ4v) is 5.73. The Hall–Kier alpha value is -2.34. The summed E-state index contributed by atoms with van der Waals surface area (Å²) in [7, 11) is 0. The molecule has 0 saturated carbocycles. The van der Waals surface area contributed by atoms with Crippen LogP contribution in [0.25, 0.3) is 6.08 Å². The van der Waals surface area contributed by atoms with Crippen LogP contribution >= 0.6 is 23.1 Å². The van der Waals surface area contributed by atoms with Crippen LogP contribution in [0.4, 0.5) is 0 Å². The summed E-state index contributed by atoms with van der Waals surface area (Å²) in [6.45, 7) is 7.69. The minimum absolute atomic E-state index is 0.102. The number of esters is 2. The van der Waals surface area contributed by atoms with Gasteiger partial charge in [0.1, 0.15) is 12.0 Å². The molecule has 1 saturated heterocycles. The topological polar surface area (TPSA) is 134 Å². The molecule has 3 rings (SSSR count). The number of aliphatic hydroxyl groups is 2. The predicted octanol–water partition coefficient (Wildman–Crippen LogP) is 2.09. The fourth-order valence-electron chi connectivity index (χ4n) is 3.96. The number of β-lactam (4-membered cyclic amide) rings is 1. The molecule has 33 heavy (non-hydrogen) atoms. The highest BCUT2D eigenvalue weighted by Gasteiger charge is 2.70. The van der Waals surface area contributed by atoms with E-state index in [1.165, 1.54) is 18.3 Å². The monoisotopic (exact) mass is 494 g/mol. The second-order valence-electron chi connectivity index (χ2n) is 9.02. The summed E-state index contributed by atoms with van der Waals surface area (Å²) >= 11 is 2.48. The lowest BCUT2D eigenvalue weighted by Crippen LogP contribution is -2.73. The maximum Gasteiger partial charge on any atom is 0.363 e. The second-order valence-corrected chi connectivity index (χ2v) is 10.9. The first-order valence-electron chi connectivity index (χ1n) is 10.3. The van der Waals surface area contributed by atoms with Crippen molar-refractivity contribution in [3.8, 4) is 0 Å². The van der Waals surface area contributed by atoms with Gasteiger partial charge in [0.05, 0.1) is 40.2 Å². The zero-order chi connectivity index (χ0) is 24.7. The normalized spacial score (nSPS) is 25.8. The summed E-state index contributed by atoms with van der Waals surface area (Å²) in [4.78, 5) is 56.7. The zero-order valence-electron chi connectivity index (χ0n) is 18.9. The van der Waals surface area contributed by atoms with Crippen LogP contribution in [0.1, 0.15) is 45.2 Å². The van der Waals surface area contributed by atoms with E-state index in [4.69, 9.17) is 4.74 Å². The largest absolute Gasteiger partial charge is 0.392 e. The smallest absolute Gasteiger partial charge is 0.363 e. The number of amides is 1. The number of carbonyl (C=O) groups is 4. The molecule has 1 aromatic heterocycles. The van der Waals surface area contributed by atoms with Gasteiger partial charge in [-0.05, 0) is 39.2 Å². The Bertz CT molecular complexity index is 1050. The van der Waals surface area contributed by atoms with Gasteiger partial charge in [-0.2, -0.15) is 0 Å². The van der Waals surface area contributed by atoms with Gasteiger partial charge in [0.2, 0.25) is 5.91 Å². The summed E-state index contributed by atoms with van der Waals surface area (Å²) in [6.07, 6.45) is 0.898. The summed E-state index contributed by atoms with van der Waals surface area (Å²) in [6, 6.07) is -0.776. The molecule has 1 fully saturated rings. The van der Waals surface area contributed by atoms with Gasteiger partial charge in [-0.3, -0.25) is 14.5 Å². The molecule has 2 aliphatic heterocycles. The number of nitrogens with zero attached hydrogens (tertiary/aromatic N) is 2. The van der Waals surface area contributed by atoms with Crippen LogP contribution in [0.15, 0.2) is 21.5 Å². The van der Waals surface area contributed by atoms with E-state index in [1.54, 1.807) is 44.7 Å². The zero-order valence-corrected chi connectivity index (χ0v) is 20.5. The van der Waals surface area contributed by atoms with Crippen molar-refractivity contribution in [2.45, 2.75) is 53.4 Å². The Kier molecular flexibility index (Phi) is 6.99. The Morgan fingerprint density at radius 3 is 2.64 bits per heavy atom. The summed E-state index contributed by atoms with van der Waals surface area (Å²) in [5.74, 6) is -2.92. The molecular weight excluding hydrogens is 468 g/mol. The second kappa shape index (κ2) is 9.13. The van der Waals surface area contributed by atoms with E-state index in [9.17, 15) is 29.4 Å². The molecule has 0 aromatic carbocycles. The molecule has 178 valence electrons. The van der Waals surface area contributed by atoms with Crippen LogP contribution in [-0.4, -0.2) is 56.4 Å². The Morgan fingerprint density at radius 1 is 1.42 bits per heavy atom. The number of rotatable bonds is 7. The highest BCUT2D eigenvalue weighted by molar-refractivity contribution is 8.06. The van der Waals surface area contributed by atoms with Gasteiger partial charge in [-0.15, -0.1) is 11.3 Å². The Morgan fingerprint density at radius 2 is 2.09 bits per heavy atom. The molecule has 9 nitrogen and oxygen atoms in total. The molecule has 2 N–H and O–H groups in total. The molecule has 1 amide bonds. The molecule has 2 aliphatic rings. The fraction of sp³-hybridized carbons (Fsp3) is 0.500. The van der Waals surface area contributed by atoms with Crippen molar-refractivity contribution < 1.29 is 34.1 Å². The van der Waals surface area contributed by atoms with Crippen molar-refractivity contribution in [1.29, 1.82) is 0 Å². The van der Waals surface area contributed by atoms with E-state index in [2.05, 4.69) is 4.98 Å². The minimum Gasteiger partial charge on any atom is -0.392 e. The lowest BCUT2D eigenvalue weighted by atomic mass is 9.65. The van der Waals surface area contributed by atoms with Crippen LogP contribution < -0.4 is 0 Å². The number of thiazole rings is 1. The first kappa shape index (κ1) is 25.3. The summed E-state index contributed by atoms with van der Waals surface area (Å²) in [5, 5.41) is 21.3. The van der Waals surface area contributed by atoms with E-state index >= 15 is 0 Å². The number of hydrogen-bond donors (Lipinski definition) is 2.